The number of carbonyl (C=O) groups is 1. The monoisotopic (exact) mass is 503 g/mol. The number of ether oxygens (including phenoxy) is 2. The molecule has 0 saturated carbocycles. The third-order valence-electron chi connectivity index (χ3n) is 6.83. The van der Waals surface area contributed by atoms with Crippen molar-refractivity contribution in [2.45, 2.75) is 142 Å². The summed E-state index contributed by atoms with van der Waals surface area (Å²) in [6.07, 6.45) is 26.5. The van der Waals surface area contributed by atoms with E-state index in [-0.39, 0.29) is 5.91 Å². The van der Waals surface area contributed by atoms with Crippen LogP contribution in [0.2, 0.25) is 0 Å². The number of hydrogen-bond acceptors (Lipinski definition) is 3. The maximum atomic E-state index is 12.2. The molecule has 1 aromatic rings. The first kappa shape index (κ1) is 32.5. The Bertz CT molecular complexity index is 619. The van der Waals surface area contributed by atoms with Gasteiger partial charge in [-0.05, 0) is 25.5 Å². The predicted molar refractivity (Wildman–Crippen MR) is 155 cm³/mol. The van der Waals surface area contributed by atoms with Gasteiger partial charge in [-0.15, -0.1) is 0 Å². The molecule has 4 nitrogen and oxygen atoms in total. The largest absolute Gasteiger partial charge is 0.491 e. The van der Waals surface area contributed by atoms with Crippen LogP contribution >= 0.6 is 0 Å². The van der Waals surface area contributed by atoms with Crippen LogP contribution in [0.15, 0.2) is 24.3 Å². The van der Waals surface area contributed by atoms with Gasteiger partial charge in [-0.25, -0.2) is 0 Å². The van der Waals surface area contributed by atoms with Crippen molar-refractivity contribution in [2.75, 3.05) is 25.1 Å². The van der Waals surface area contributed by atoms with Crippen molar-refractivity contribution < 1.29 is 14.3 Å². The highest BCUT2D eigenvalue weighted by Gasteiger charge is 2.04. The normalized spacial score (nSPS) is 11.1. The molecule has 1 N–H and O–H groups in total. The molecule has 0 atom stereocenters. The standard InChI is InChI=1S/C32H57NO3/c1-3-5-6-7-8-9-10-11-12-13-14-15-16-17-18-19-20-21-22-26-32(34)33-30-24-23-25-31(29-30)36-28-27-35-4-2/h23-25,29H,3-22,26-28H2,1-2H3,(H,33,34). The van der Waals surface area contributed by atoms with E-state index in [1.807, 2.05) is 31.2 Å². The fraction of sp³-hybridized carbons (Fsp3) is 0.781. The molecule has 208 valence electrons. The lowest BCUT2D eigenvalue weighted by Gasteiger charge is -2.09. The molecule has 0 spiro atoms. The smallest absolute Gasteiger partial charge is 0.224 e. The Morgan fingerprint density at radius 3 is 1.67 bits per heavy atom. The number of nitrogens with one attached hydrogen (secondary N) is 1. The first-order valence-electron chi connectivity index (χ1n) is 15.4. The van der Waals surface area contributed by atoms with E-state index in [4.69, 9.17) is 9.47 Å². The minimum atomic E-state index is 0.0911. The molecular formula is C32H57NO3. The van der Waals surface area contributed by atoms with E-state index in [0.29, 0.717) is 26.2 Å². The Balaban J connectivity index is 1.86. The van der Waals surface area contributed by atoms with E-state index in [2.05, 4.69) is 12.2 Å². The second kappa shape index (κ2) is 25.1. The summed E-state index contributed by atoms with van der Waals surface area (Å²) in [4.78, 5) is 12.2. The van der Waals surface area contributed by atoms with E-state index in [1.54, 1.807) is 0 Å². The Morgan fingerprint density at radius 2 is 1.17 bits per heavy atom. The van der Waals surface area contributed by atoms with Gasteiger partial charge in [0.2, 0.25) is 5.91 Å². The van der Waals surface area contributed by atoms with E-state index in [0.717, 1.165) is 24.3 Å². The molecule has 0 aliphatic heterocycles. The molecule has 0 saturated heterocycles. The molecular weight excluding hydrogens is 446 g/mol. The van der Waals surface area contributed by atoms with Crippen LogP contribution in [0.3, 0.4) is 0 Å². The van der Waals surface area contributed by atoms with Gasteiger partial charge in [0.05, 0.1) is 6.61 Å². The van der Waals surface area contributed by atoms with Gasteiger partial charge in [-0.2, -0.15) is 0 Å². The van der Waals surface area contributed by atoms with E-state index >= 15 is 0 Å². The van der Waals surface area contributed by atoms with Crippen LogP contribution in [0.25, 0.3) is 0 Å². The molecule has 0 fully saturated rings. The summed E-state index contributed by atoms with van der Waals surface area (Å²) in [6, 6.07) is 7.59. The minimum absolute atomic E-state index is 0.0911. The minimum Gasteiger partial charge on any atom is -0.491 e. The predicted octanol–water partition coefficient (Wildman–Crippen LogP) is 9.86. The molecule has 0 aliphatic carbocycles. The van der Waals surface area contributed by atoms with Crippen molar-refractivity contribution in [3.8, 4) is 5.75 Å². The molecule has 36 heavy (non-hydrogen) atoms. The van der Waals surface area contributed by atoms with Gasteiger partial charge >= 0.3 is 0 Å². The molecule has 1 aromatic carbocycles. The first-order chi connectivity index (χ1) is 17.8. The first-order valence-corrected chi connectivity index (χ1v) is 15.4. The SMILES string of the molecule is CCCCCCCCCCCCCCCCCCCCCC(=O)Nc1cccc(OCCOCC)c1. The quantitative estimate of drug-likeness (QED) is 0.128. The highest BCUT2D eigenvalue weighted by Crippen LogP contribution is 2.18. The summed E-state index contributed by atoms with van der Waals surface area (Å²) in [6.45, 7) is 6.05. The molecule has 0 aliphatic rings. The van der Waals surface area contributed by atoms with Crippen LogP contribution in [-0.2, 0) is 9.53 Å². The van der Waals surface area contributed by atoms with Crippen molar-refractivity contribution >= 4 is 11.6 Å². The fourth-order valence-corrected chi connectivity index (χ4v) is 4.61. The Kier molecular flexibility index (Phi) is 22.7. The van der Waals surface area contributed by atoms with Gasteiger partial charge < -0.3 is 14.8 Å². The Labute approximate surface area is 223 Å². The van der Waals surface area contributed by atoms with Gasteiger partial charge in [0.15, 0.2) is 0 Å². The number of anilines is 1. The lowest BCUT2D eigenvalue weighted by atomic mass is 10.0. The highest BCUT2D eigenvalue weighted by atomic mass is 16.5. The van der Waals surface area contributed by atoms with E-state index in [1.165, 1.54) is 109 Å². The molecule has 0 unspecified atom stereocenters. The third kappa shape index (κ3) is 20.6. The van der Waals surface area contributed by atoms with Crippen LogP contribution in [0, 0.1) is 0 Å². The van der Waals surface area contributed by atoms with Crippen LogP contribution in [-0.4, -0.2) is 25.7 Å². The van der Waals surface area contributed by atoms with E-state index in [9.17, 15) is 4.79 Å². The van der Waals surface area contributed by atoms with Crippen molar-refractivity contribution in [2.24, 2.45) is 0 Å². The lowest BCUT2D eigenvalue weighted by molar-refractivity contribution is -0.116. The van der Waals surface area contributed by atoms with Crippen LogP contribution in [0.4, 0.5) is 5.69 Å². The number of amides is 1. The van der Waals surface area contributed by atoms with E-state index < -0.39 is 0 Å². The third-order valence-corrected chi connectivity index (χ3v) is 6.83. The van der Waals surface area contributed by atoms with Crippen molar-refractivity contribution in [3.05, 3.63) is 24.3 Å². The number of benzene rings is 1. The van der Waals surface area contributed by atoms with Crippen LogP contribution in [0.1, 0.15) is 142 Å². The Morgan fingerprint density at radius 1 is 0.667 bits per heavy atom. The molecule has 1 rings (SSSR count). The van der Waals surface area contributed by atoms with Crippen molar-refractivity contribution in [1.29, 1.82) is 0 Å². The van der Waals surface area contributed by atoms with Gasteiger partial charge in [0, 0.05) is 24.8 Å². The lowest BCUT2D eigenvalue weighted by Crippen LogP contribution is -2.11. The van der Waals surface area contributed by atoms with Gasteiger partial charge in [0.1, 0.15) is 12.4 Å². The number of unbranched alkanes of at least 4 members (excludes halogenated alkanes) is 18. The molecule has 0 bridgehead atoms. The maximum Gasteiger partial charge on any atom is 0.224 e. The Hall–Kier alpha value is -1.55. The van der Waals surface area contributed by atoms with Crippen molar-refractivity contribution in [3.63, 3.8) is 0 Å². The zero-order valence-electron chi connectivity index (χ0n) is 23.8. The van der Waals surface area contributed by atoms with Gasteiger partial charge in [-0.1, -0.05) is 129 Å². The highest BCUT2D eigenvalue weighted by molar-refractivity contribution is 5.90. The summed E-state index contributed by atoms with van der Waals surface area (Å²) in [5.74, 6) is 0.851. The average molecular weight is 504 g/mol. The summed E-state index contributed by atoms with van der Waals surface area (Å²) < 4.78 is 10.9. The fourth-order valence-electron chi connectivity index (χ4n) is 4.61. The summed E-state index contributed by atoms with van der Waals surface area (Å²) in [5.41, 5.74) is 0.798. The molecule has 1 amide bonds. The summed E-state index contributed by atoms with van der Waals surface area (Å²) in [7, 11) is 0. The average Bonchev–Trinajstić information content (AvgIpc) is 2.88. The summed E-state index contributed by atoms with van der Waals surface area (Å²) >= 11 is 0. The second-order valence-electron chi connectivity index (χ2n) is 10.2. The van der Waals surface area contributed by atoms with Gasteiger partial charge in [0.25, 0.3) is 0 Å². The van der Waals surface area contributed by atoms with Crippen LogP contribution in [0.5, 0.6) is 5.75 Å². The zero-order chi connectivity index (χ0) is 25.9. The number of carbonyl (C=O) groups excluding carboxylic acids is 1. The maximum absolute atomic E-state index is 12.2. The van der Waals surface area contributed by atoms with Crippen LogP contribution < -0.4 is 10.1 Å². The van der Waals surface area contributed by atoms with Crippen molar-refractivity contribution in [1.82, 2.24) is 0 Å². The zero-order valence-corrected chi connectivity index (χ0v) is 23.8. The topological polar surface area (TPSA) is 47.6 Å². The molecule has 0 heterocycles. The molecule has 4 heteroatoms. The summed E-state index contributed by atoms with van der Waals surface area (Å²) in [5, 5.41) is 2.99. The number of rotatable bonds is 26. The second-order valence-corrected chi connectivity index (χ2v) is 10.2. The van der Waals surface area contributed by atoms with Gasteiger partial charge in [-0.3, -0.25) is 4.79 Å². The molecule has 0 aromatic heterocycles. The number of hydrogen-bond donors (Lipinski definition) is 1. The molecule has 0 radical (unpaired) electrons.